The Kier molecular flexibility index (Phi) is 4.47. The van der Waals surface area contributed by atoms with Gasteiger partial charge in [0.25, 0.3) is 5.91 Å². The van der Waals surface area contributed by atoms with E-state index in [1.807, 2.05) is 0 Å². The molecule has 25 heavy (non-hydrogen) atoms. The number of carbonyl (C=O) groups is 2. The van der Waals surface area contributed by atoms with Crippen LogP contribution in [0.15, 0.2) is 18.2 Å². The van der Waals surface area contributed by atoms with Crippen molar-refractivity contribution in [2.75, 3.05) is 13.1 Å². The van der Waals surface area contributed by atoms with Crippen molar-refractivity contribution in [3.8, 4) is 0 Å². The lowest BCUT2D eigenvalue weighted by Gasteiger charge is -2.36. The Balaban J connectivity index is 1.61. The van der Waals surface area contributed by atoms with Crippen molar-refractivity contribution in [3.05, 3.63) is 35.1 Å². The molecule has 0 bridgehead atoms. The van der Waals surface area contributed by atoms with E-state index in [-0.39, 0.29) is 24.2 Å². The lowest BCUT2D eigenvalue weighted by atomic mass is 9.80. The van der Waals surface area contributed by atoms with E-state index >= 15 is 0 Å². The zero-order valence-corrected chi connectivity index (χ0v) is 13.6. The predicted molar refractivity (Wildman–Crippen MR) is 81.5 cm³/mol. The van der Waals surface area contributed by atoms with Gasteiger partial charge in [0.05, 0.1) is 12.6 Å². The van der Waals surface area contributed by atoms with E-state index in [9.17, 15) is 27.2 Å². The number of nitrogens with zero attached hydrogens (tertiary/aromatic N) is 1. The first kappa shape index (κ1) is 17.7. The maximum absolute atomic E-state index is 14.2. The standard InChI is InChI=1S/C17H18F4N2O2/c1-9-11(3-2-4-12(9)18)15(24)22-14-8-23(7-13(14)19)16(25)10-5-17(20,21)6-10/h2-4,10,13-14H,5-8H2,1H3,(H,22,24)/t13-,14+/m0/s1. The van der Waals surface area contributed by atoms with Gasteiger partial charge in [-0.1, -0.05) is 6.07 Å². The Labute approximate surface area is 142 Å². The highest BCUT2D eigenvalue weighted by atomic mass is 19.3. The molecular weight excluding hydrogens is 340 g/mol. The normalized spacial score (nSPS) is 25.6. The highest BCUT2D eigenvalue weighted by Crippen LogP contribution is 2.43. The van der Waals surface area contributed by atoms with Crippen LogP contribution in [0.4, 0.5) is 17.6 Å². The Hall–Kier alpha value is -2.12. The number of hydrogen-bond donors (Lipinski definition) is 1. The monoisotopic (exact) mass is 358 g/mol. The van der Waals surface area contributed by atoms with Crippen LogP contribution in [-0.4, -0.2) is 47.9 Å². The summed E-state index contributed by atoms with van der Waals surface area (Å²) >= 11 is 0. The summed E-state index contributed by atoms with van der Waals surface area (Å²) in [5.41, 5.74) is 0.244. The Morgan fingerprint density at radius 1 is 1.24 bits per heavy atom. The SMILES string of the molecule is Cc1c(F)cccc1C(=O)N[C@@H]1CN(C(=O)C2CC(F)(F)C2)C[C@@H]1F. The minimum absolute atomic E-state index is 0.0812. The van der Waals surface area contributed by atoms with Crippen LogP contribution in [0.5, 0.6) is 0 Å². The Morgan fingerprint density at radius 3 is 2.56 bits per heavy atom. The molecule has 4 nitrogen and oxygen atoms in total. The highest BCUT2D eigenvalue weighted by molar-refractivity contribution is 5.96. The van der Waals surface area contributed by atoms with Crippen molar-refractivity contribution in [1.29, 1.82) is 0 Å². The van der Waals surface area contributed by atoms with E-state index < -0.39 is 54.5 Å². The molecule has 1 aromatic rings. The molecule has 0 aromatic heterocycles. The smallest absolute Gasteiger partial charge is 0.252 e. The molecule has 2 amide bonds. The minimum atomic E-state index is -2.82. The first-order chi connectivity index (χ1) is 11.7. The molecule has 2 fully saturated rings. The summed E-state index contributed by atoms with van der Waals surface area (Å²) in [6.45, 7) is 1.12. The van der Waals surface area contributed by atoms with Gasteiger partial charge in [0.2, 0.25) is 11.8 Å². The van der Waals surface area contributed by atoms with Gasteiger partial charge in [-0.05, 0) is 24.6 Å². The van der Waals surface area contributed by atoms with Crippen molar-refractivity contribution >= 4 is 11.8 Å². The number of hydrogen-bond acceptors (Lipinski definition) is 2. The molecule has 1 saturated heterocycles. The van der Waals surface area contributed by atoms with Gasteiger partial charge in [-0.2, -0.15) is 0 Å². The van der Waals surface area contributed by atoms with Crippen LogP contribution in [0.1, 0.15) is 28.8 Å². The number of halogens is 4. The lowest BCUT2D eigenvalue weighted by Crippen LogP contribution is -2.47. The highest BCUT2D eigenvalue weighted by Gasteiger charge is 2.51. The molecule has 1 aliphatic carbocycles. The average molecular weight is 358 g/mol. The van der Waals surface area contributed by atoms with Crippen LogP contribution >= 0.6 is 0 Å². The van der Waals surface area contributed by atoms with Gasteiger partial charge in [-0.3, -0.25) is 9.59 Å². The van der Waals surface area contributed by atoms with Crippen LogP contribution in [0.3, 0.4) is 0 Å². The quantitative estimate of drug-likeness (QED) is 0.844. The number of nitrogens with one attached hydrogen (secondary N) is 1. The second kappa shape index (κ2) is 6.31. The van der Waals surface area contributed by atoms with Crippen LogP contribution in [0.2, 0.25) is 0 Å². The lowest BCUT2D eigenvalue weighted by molar-refractivity contribution is -0.159. The van der Waals surface area contributed by atoms with Gasteiger partial charge in [0.15, 0.2) is 0 Å². The number of rotatable bonds is 3. The van der Waals surface area contributed by atoms with E-state index in [0.717, 1.165) is 0 Å². The van der Waals surface area contributed by atoms with Crippen LogP contribution in [-0.2, 0) is 4.79 Å². The first-order valence-corrected chi connectivity index (χ1v) is 8.04. The summed E-state index contributed by atoms with van der Waals surface area (Å²) in [5.74, 6) is -5.29. The second-order valence-electron chi connectivity index (χ2n) is 6.71. The van der Waals surface area contributed by atoms with Gasteiger partial charge >= 0.3 is 0 Å². The van der Waals surface area contributed by atoms with Crippen molar-refractivity contribution in [3.63, 3.8) is 0 Å². The van der Waals surface area contributed by atoms with Crippen LogP contribution in [0, 0.1) is 18.7 Å². The number of benzene rings is 1. The average Bonchev–Trinajstić information content (AvgIpc) is 2.87. The summed E-state index contributed by atoms with van der Waals surface area (Å²) in [5, 5.41) is 2.47. The Morgan fingerprint density at radius 2 is 1.92 bits per heavy atom. The topological polar surface area (TPSA) is 49.4 Å². The maximum atomic E-state index is 14.2. The minimum Gasteiger partial charge on any atom is -0.344 e. The summed E-state index contributed by atoms with van der Waals surface area (Å²) in [6.07, 6.45) is -2.53. The van der Waals surface area contributed by atoms with Gasteiger partial charge in [0.1, 0.15) is 12.0 Å². The van der Waals surface area contributed by atoms with E-state index in [0.29, 0.717) is 0 Å². The largest absolute Gasteiger partial charge is 0.344 e. The maximum Gasteiger partial charge on any atom is 0.252 e. The summed E-state index contributed by atoms with van der Waals surface area (Å²) < 4.78 is 53.5. The molecule has 0 spiro atoms. The summed E-state index contributed by atoms with van der Waals surface area (Å²) in [7, 11) is 0. The van der Waals surface area contributed by atoms with E-state index in [2.05, 4.69) is 5.32 Å². The molecule has 1 saturated carbocycles. The molecule has 0 radical (unpaired) electrons. The van der Waals surface area contributed by atoms with E-state index in [1.54, 1.807) is 0 Å². The molecule has 3 rings (SSSR count). The van der Waals surface area contributed by atoms with Crippen molar-refractivity contribution in [2.24, 2.45) is 5.92 Å². The molecule has 1 aromatic carbocycles. The Bertz CT molecular complexity index is 702. The third kappa shape index (κ3) is 3.48. The molecule has 1 aliphatic heterocycles. The third-order valence-corrected chi connectivity index (χ3v) is 4.83. The molecule has 1 N–H and O–H groups in total. The zero-order chi connectivity index (χ0) is 18.4. The van der Waals surface area contributed by atoms with Crippen LogP contribution in [0.25, 0.3) is 0 Å². The molecule has 8 heteroatoms. The number of amides is 2. The molecule has 1 heterocycles. The number of carbonyl (C=O) groups excluding carboxylic acids is 2. The molecule has 0 unspecified atom stereocenters. The third-order valence-electron chi connectivity index (χ3n) is 4.83. The fraction of sp³-hybridized carbons (Fsp3) is 0.529. The molecule has 136 valence electrons. The fourth-order valence-electron chi connectivity index (χ4n) is 3.27. The second-order valence-corrected chi connectivity index (χ2v) is 6.71. The predicted octanol–water partition coefficient (Wildman–Crippen LogP) is 2.46. The van der Waals surface area contributed by atoms with E-state index in [4.69, 9.17) is 0 Å². The fourth-order valence-corrected chi connectivity index (χ4v) is 3.27. The zero-order valence-electron chi connectivity index (χ0n) is 13.6. The van der Waals surface area contributed by atoms with Crippen molar-refractivity contribution in [1.82, 2.24) is 10.2 Å². The molecule has 2 aliphatic rings. The number of alkyl halides is 3. The van der Waals surface area contributed by atoms with Gasteiger partial charge in [0, 0.05) is 30.9 Å². The van der Waals surface area contributed by atoms with Gasteiger partial charge < -0.3 is 10.2 Å². The van der Waals surface area contributed by atoms with Crippen molar-refractivity contribution < 1.29 is 27.2 Å². The summed E-state index contributed by atoms with van der Waals surface area (Å²) in [6, 6.07) is 3.08. The first-order valence-electron chi connectivity index (χ1n) is 8.04. The van der Waals surface area contributed by atoms with Gasteiger partial charge in [-0.15, -0.1) is 0 Å². The number of likely N-dealkylation sites (tertiary alicyclic amines) is 1. The van der Waals surface area contributed by atoms with Crippen LogP contribution < -0.4 is 5.32 Å². The summed E-state index contributed by atoms with van der Waals surface area (Å²) in [4.78, 5) is 25.5. The van der Waals surface area contributed by atoms with Gasteiger partial charge in [-0.25, -0.2) is 17.6 Å². The molecule has 2 atom stereocenters. The van der Waals surface area contributed by atoms with Crippen molar-refractivity contribution in [2.45, 2.75) is 37.9 Å². The molecular formula is C17H18F4N2O2. The van der Waals surface area contributed by atoms with E-state index in [1.165, 1.54) is 30.0 Å².